The van der Waals surface area contributed by atoms with Crippen molar-refractivity contribution in [1.29, 1.82) is 0 Å². The van der Waals surface area contributed by atoms with Crippen molar-refractivity contribution in [3.8, 4) is 22.5 Å². The summed E-state index contributed by atoms with van der Waals surface area (Å²) in [7, 11) is -3.58. The number of rotatable bonds is 7. The average molecular weight is 546 g/mol. The Balaban J connectivity index is 1.24. The molecule has 0 bridgehead atoms. The zero-order valence-corrected chi connectivity index (χ0v) is 22.5. The summed E-state index contributed by atoms with van der Waals surface area (Å²) in [5.74, 6) is 0.0602. The number of nitrogens with zero attached hydrogens (tertiary/aromatic N) is 5. The first-order valence-electron chi connectivity index (χ1n) is 12.2. The van der Waals surface area contributed by atoms with Crippen molar-refractivity contribution in [2.75, 3.05) is 31.9 Å². The van der Waals surface area contributed by atoms with Crippen LogP contribution in [-0.4, -0.2) is 70.6 Å². The number of piperazine rings is 1. The summed E-state index contributed by atoms with van der Waals surface area (Å²) in [6.45, 7) is 3.11. The lowest BCUT2D eigenvalue weighted by atomic mass is 10.0. The molecule has 194 valence electrons. The Morgan fingerprint density at radius 2 is 1.37 bits per heavy atom. The SMILES string of the molecule is Cc1ccc(S(=O)(=O)N2CCN(C(=O)CSc3nnc(-c4ccccc4)c(-c4ccccc4)n3)CC2)cc1. The van der Waals surface area contributed by atoms with Crippen LogP contribution >= 0.6 is 11.8 Å². The Bertz CT molecular complexity index is 1510. The minimum atomic E-state index is -3.58. The molecule has 0 saturated carbocycles. The van der Waals surface area contributed by atoms with Gasteiger partial charge in [0.2, 0.25) is 21.1 Å². The van der Waals surface area contributed by atoms with Gasteiger partial charge in [0.15, 0.2) is 0 Å². The zero-order chi connectivity index (χ0) is 26.5. The number of carbonyl (C=O) groups is 1. The van der Waals surface area contributed by atoms with E-state index in [-0.39, 0.29) is 29.6 Å². The number of benzene rings is 3. The molecule has 1 aliphatic rings. The van der Waals surface area contributed by atoms with Crippen LogP contribution < -0.4 is 0 Å². The van der Waals surface area contributed by atoms with Gasteiger partial charge < -0.3 is 4.90 Å². The van der Waals surface area contributed by atoms with Crippen molar-refractivity contribution in [1.82, 2.24) is 24.4 Å². The molecule has 3 aromatic carbocycles. The van der Waals surface area contributed by atoms with Crippen molar-refractivity contribution in [2.24, 2.45) is 0 Å². The molecule has 5 rings (SSSR count). The molecule has 0 spiro atoms. The molecule has 10 heteroatoms. The van der Waals surface area contributed by atoms with Crippen LogP contribution in [0.2, 0.25) is 0 Å². The molecule has 0 radical (unpaired) electrons. The second-order valence-corrected chi connectivity index (χ2v) is 11.8. The minimum Gasteiger partial charge on any atom is -0.339 e. The minimum absolute atomic E-state index is 0.0839. The topological polar surface area (TPSA) is 96.4 Å². The van der Waals surface area contributed by atoms with E-state index in [1.807, 2.05) is 67.6 Å². The second kappa shape index (κ2) is 11.4. The van der Waals surface area contributed by atoms with E-state index in [0.717, 1.165) is 16.7 Å². The van der Waals surface area contributed by atoms with E-state index >= 15 is 0 Å². The molecule has 0 atom stereocenters. The van der Waals surface area contributed by atoms with E-state index in [9.17, 15) is 13.2 Å². The largest absolute Gasteiger partial charge is 0.339 e. The van der Waals surface area contributed by atoms with Crippen LogP contribution in [0.25, 0.3) is 22.5 Å². The molecule has 0 N–H and O–H groups in total. The van der Waals surface area contributed by atoms with Gasteiger partial charge in [0.25, 0.3) is 0 Å². The molecule has 0 unspecified atom stereocenters. The predicted molar refractivity (Wildman–Crippen MR) is 148 cm³/mol. The maximum atomic E-state index is 13.0. The van der Waals surface area contributed by atoms with Crippen molar-refractivity contribution >= 4 is 27.7 Å². The Hall–Kier alpha value is -3.60. The van der Waals surface area contributed by atoms with Gasteiger partial charge in [0.1, 0.15) is 11.4 Å². The predicted octanol–water partition coefficient (Wildman–Crippen LogP) is 4.14. The maximum Gasteiger partial charge on any atom is 0.243 e. The number of carbonyl (C=O) groups excluding carboxylic acids is 1. The Morgan fingerprint density at radius 3 is 1.97 bits per heavy atom. The number of amides is 1. The van der Waals surface area contributed by atoms with Gasteiger partial charge >= 0.3 is 0 Å². The fourth-order valence-electron chi connectivity index (χ4n) is 4.21. The number of hydrogen-bond acceptors (Lipinski definition) is 7. The summed E-state index contributed by atoms with van der Waals surface area (Å²) in [5, 5.41) is 9.16. The molecule has 1 saturated heterocycles. The molecule has 1 amide bonds. The van der Waals surface area contributed by atoms with Gasteiger partial charge in [0, 0.05) is 37.3 Å². The van der Waals surface area contributed by atoms with Gasteiger partial charge in [-0.1, -0.05) is 90.1 Å². The molecule has 8 nitrogen and oxygen atoms in total. The lowest BCUT2D eigenvalue weighted by molar-refractivity contribution is -0.129. The standard InChI is InChI=1S/C28H27N5O3S2/c1-21-12-14-24(15-13-21)38(35,36)33-18-16-32(17-19-33)25(34)20-37-28-29-26(22-8-4-2-5-9-22)27(30-31-28)23-10-6-3-7-11-23/h2-15H,16-20H2,1H3. The van der Waals surface area contributed by atoms with E-state index in [0.29, 0.717) is 29.6 Å². The Morgan fingerprint density at radius 1 is 0.789 bits per heavy atom. The van der Waals surface area contributed by atoms with Gasteiger partial charge in [-0.2, -0.15) is 4.31 Å². The smallest absolute Gasteiger partial charge is 0.243 e. The summed E-state index contributed by atoms with van der Waals surface area (Å²) in [5.41, 5.74) is 4.22. The third-order valence-electron chi connectivity index (χ3n) is 6.34. The highest BCUT2D eigenvalue weighted by Gasteiger charge is 2.30. The Labute approximate surface area is 226 Å². The van der Waals surface area contributed by atoms with E-state index in [1.165, 1.54) is 16.1 Å². The molecular formula is C28H27N5O3S2. The average Bonchev–Trinajstić information content (AvgIpc) is 2.97. The summed E-state index contributed by atoms with van der Waals surface area (Å²) in [6, 6.07) is 26.4. The first-order chi connectivity index (χ1) is 18.4. The van der Waals surface area contributed by atoms with Gasteiger partial charge in [-0.15, -0.1) is 10.2 Å². The van der Waals surface area contributed by atoms with Gasteiger partial charge in [-0.25, -0.2) is 13.4 Å². The number of aromatic nitrogens is 3. The maximum absolute atomic E-state index is 13.0. The molecule has 38 heavy (non-hydrogen) atoms. The van der Waals surface area contributed by atoms with E-state index < -0.39 is 10.0 Å². The van der Waals surface area contributed by atoms with Gasteiger partial charge in [0.05, 0.1) is 10.6 Å². The molecule has 2 heterocycles. The fraction of sp³-hybridized carbons (Fsp3) is 0.214. The summed E-state index contributed by atoms with van der Waals surface area (Å²) >= 11 is 1.23. The third kappa shape index (κ3) is 5.77. The summed E-state index contributed by atoms with van der Waals surface area (Å²) < 4.78 is 27.4. The normalized spacial score (nSPS) is 14.4. The molecule has 1 aliphatic heterocycles. The molecule has 0 aliphatic carbocycles. The first kappa shape index (κ1) is 26.0. The third-order valence-corrected chi connectivity index (χ3v) is 9.07. The quantitative estimate of drug-likeness (QED) is 0.322. The van der Waals surface area contributed by atoms with Crippen molar-refractivity contribution in [3.05, 3.63) is 90.5 Å². The fourth-order valence-corrected chi connectivity index (χ4v) is 6.33. The van der Waals surface area contributed by atoms with Crippen LogP contribution in [-0.2, 0) is 14.8 Å². The van der Waals surface area contributed by atoms with Crippen LogP contribution in [0.4, 0.5) is 0 Å². The van der Waals surface area contributed by atoms with Crippen LogP contribution in [0.15, 0.2) is 95.0 Å². The van der Waals surface area contributed by atoms with E-state index in [2.05, 4.69) is 10.2 Å². The first-order valence-corrected chi connectivity index (χ1v) is 14.7. The highest BCUT2D eigenvalue weighted by atomic mass is 32.2. The van der Waals surface area contributed by atoms with Crippen LogP contribution in [0.3, 0.4) is 0 Å². The van der Waals surface area contributed by atoms with Crippen LogP contribution in [0.5, 0.6) is 0 Å². The number of thioether (sulfide) groups is 1. The lowest BCUT2D eigenvalue weighted by Gasteiger charge is -2.34. The van der Waals surface area contributed by atoms with Gasteiger partial charge in [-0.3, -0.25) is 4.79 Å². The summed E-state index contributed by atoms with van der Waals surface area (Å²) in [4.78, 5) is 19.7. The number of sulfonamides is 1. The van der Waals surface area contributed by atoms with Gasteiger partial charge in [-0.05, 0) is 19.1 Å². The van der Waals surface area contributed by atoms with Crippen molar-refractivity contribution in [3.63, 3.8) is 0 Å². The van der Waals surface area contributed by atoms with E-state index in [4.69, 9.17) is 4.98 Å². The van der Waals surface area contributed by atoms with E-state index in [1.54, 1.807) is 29.2 Å². The monoisotopic (exact) mass is 545 g/mol. The van der Waals surface area contributed by atoms with Crippen LogP contribution in [0, 0.1) is 6.92 Å². The zero-order valence-electron chi connectivity index (χ0n) is 20.9. The highest BCUT2D eigenvalue weighted by Crippen LogP contribution is 2.29. The van der Waals surface area contributed by atoms with Crippen molar-refractivity contribution in [2.45, 2.75) is 17.0 Å². The molecule has 4 aromatic rings. The Kier molecular flexibility index (Phi) is 7.82. The highest BCUT2D eigenvalue weighted by molar-refractivity contribution is 7.99. The molecular weight excluding hydrogens is 518 g/mol. The lowest BCUT2D eigenvalue weighted by Crippen LogP contribution is -2.50. The van der Waals surface area contributed by atoms with Crippen molar-refractivity contribution < 1.29 is 13.2 Å². The number of aryl methyl sites for hydroxylation is 1. The van der Waals surface area contributed by atoms with Crippen LogP contribution in [0.1, 0.15) is 5.56 Å². The molecule has 1 aromatic heterocycles. The summed E-state index contributed by atoms with van der Waals surface area (Å²) in [6.07, 6.45) is 0. The number of hydrogen-bond donors (Lipinski definition) is 0. The molecule has 1 fully saturated rings. The second-order valence-electron chi connectivity index (χ2n) is 8.91.